The van der Waals surface area contributed by atoms with Gasteiger partial charge in [0.05, 0.1) is 0 Å². The van der Waals surface area contributed by atoms with Gasteiger partial charge in [-0.05, 0) is 5.56 Å². The molecule has 122 valence electrons. The summed E-state index contributed by atoms with van der Waals surface area (Å²) >= 11 is 0. The van der Waals surface area contributed by atoms with Crippen LogP contribution in [0.5, 0.6) is 0 Å². The van der Waals surface area contributed by atoms with Gasteiger partial charge in [-0.25, -0.2) is 4.98 Å². The van der Waals surface area contributed by atoms with Crippen molar-refractivity contribution in [1.29, 1.82) is 10.5 Å². The van der Waals surface area contributed by atoms with Crippen LogP contribution in [0.15, 0.2) is 65.5 Å². The summed E-state index contributed by atoms with van der Waals surface area (Å²) in [6, 6.07) is 22.3. The Morgan fingerprint density at radius 3 is 2.00 bits per heavy atom. The molecular weight excluding hydrogens is 326 g/mol. The Balaban J connectivity index is 2.13. The normalized spacial score (nSPS) is 10.4. The molecule has 0 atom stereocenters. The van der Waals surface area contributed by atoms with E-state index < -0.39 is 5.56 Å². The molecular formula is C20H11N5O. The van der Waals surface area contributed by atoms with Gasteiger partial charge in [0.2, 0.25) is 0 Å². The number of rotatable bonds is 2. The molecule has 1 N–H and O–H groups in total. The molecule has 4 rings (SSSR count). The fraction of sp³-hybridized carbons (Fsp3) is 0. The Morgan fingerprint density at radius 2 is 1.42 bits per heavy atom. The predicted molar refractivity (Wildman–Crippen MR) is 96.1 cm³/mol. The summed E-state index contributed by atoms with van der Waals surface area (Å²) in [5.74, 6) is 0.452. The average Bonchev–Trinajstić information content (AvgIpc) is 3.15. The molecule has 0 amide bonds. The number of aromatic nitrogens is 3. The summed E-state index contributed by atoms with van der Waals surface area (Å²) in [6.07, 6.45) is 0. The molecule has 2 heterocycles. The van der Waals surface area contributed by atoms with Crippen LogP contribution in [-0.2, 0) is 0 Å². The Bertz CT molecular complexity index is 1260. The maximum atomic E-state index is 12.8. The summed E-state index contributed by atoms with van der Waals surface area (Å²) in [4.78, 5) is 17.3. The van der Waals surface area contributed by atoms with E-state index in [0.29, 0.717) is 17.0 Å². The predicted octanol–water partition coefficient (Wildman–Crippen LogP) is 3.10. The van der Waals surface area contributed by atoms with Gasteiger partial charge >= 0.3 is 0 Å². The fourth-order valence-electron chi connectivity index (χ4n) is 2.94. The lowest BCUT2D eigenvalue weighted by Gasteiger charge is -2.07. The molecule has 0 aliphatic heterocycles. The van der Waals surface area contributed by atoms with Gasteiger partial charge in [0.15, 0.2) is 11.5 Å². The van der Waals surface area contributed by atoms with Crippen molar-refractivity contribution in [1.82, 2.24) is 14.6 Å². The van der Waals surface area contributed by atoms with E-state index in [2.05, 4.69) is 16.2 Å². The third-order valence-corrected chi connectivity index (χ3v) is 4.12. The lowest BCUT2D eigenvalue weighted by Crippen LogP contribution is -2.20. The lowest BCUT2D eigenvalue weighted by molar-refractivity contribution is 0.918. The number of benzene rings is 2. The second kappa shape index (κ2) is 6.04. The van der Waals surface area contributed by atoms with E-state index >= 15 is 0 Å². The van der Waals surface area contributed by atoms with Crippen molar-refractivity contribution in [3.8, 4) is 34.7 Å². The first-order valence-corrected chi connectivity index (χ1v) is 7.84. The molecule has 0 bridgehead atoms. The van der Waals surface area contributed by atoms with E-state index in [1.54, 1.807) is 24.3 Å². The van der Waals surface area contributed by atoms with E-state index in [9.17, 15) is 15.3 Å². The van der Waals surface area contributed by atoms with Gasteiger partial charge in [0.1, 0.15) is 23.3 Å². The highest BCUT2D eigenvalue weighted by Crippen LogP contribution is 2.28. The number of hydrogen-bond acceptors (Lipinski definition) is 4. The quantitative estimate of drug-likeness (QED) is 0.607. The second-order valence-electron chi connectivity index (χ2n) is 5.62. The fourth-order valence-corrected chi connectivity index (χ4v) is 2.94. The summed E-state index contributed by atoms with van der Waals surface area (Å²) in [6.45, 7) is 0. The van der Waals surface area contributed by atoms with Crippen molar-refractivity contribution in [2.75, 3.05) is 0 Å². The minimum absolute atomic E-state index is 0.0893. The Morgan fingerprint density at radius 1 is 0.846 bits per heavy atom. The number of nitrogens with zero attached hydrogens (tertiary/aromatic N) is 4. The maximum Gasteiger partial charge on any atom is 0.289 e. The van der Waals surface area contributed by atoms with Gasteiger partial charge in [-0.1, -0.05) is 60.7 Å². The lowest BCUT2D eigenvalue weighted by atomic mass is 9.97. The van der Waals surface area contributed by atoms with E-state index in [1.165, 1.54) is 0 Å². The molecule has 0 saturated heterocycles. The van der Waals surface area contributed by atoms with Crippen LogP contribution < -0.4 is 5.56 Å². The van der Waals surface area contributed by atoms with Gasteiger partial charge in [0, 0.05) is 11.1 Å². The number of aromatic amines is 1. The highest BCUT2D eigenvalue weighted by Gasteiger charge is 2.22. The Hall–Kier alpha value is -4.16. The molecule has 0 aliphatic rings. The Labute approximate surface area is 148 Å². The van der Waals surface area contributed by atoms with Gasteiger partial charge in [-0.2, -0.15) is 15.0 Å². The van der Waals surface area contributed by atoms with Crippen molar-refractivity contribution in [3.63, 3.8) is 0 Å². The second-order valence-corrected chi connectivity index (χ2v) is 5.62. The Kier molecular flexibility index (Phi) is 3.57. The van der Waals surface area contributed by atoms with Crippen molar-refractivity contribution >= 4 is 5.65 Å². The minimum atomic E-state index is -0.532. The number of H-pyrrole nitrogens is 1. The van der Waals surface area contributed by atoms with Gasteiger partial charge in [-0.3, -0.25) is 9.89 Å². The van der Waals surface area contributed by atoms with Crippen LogP contribution in [-0.4, -0.2) is 14.6 Å². The zero-order valence-corrected chi connectivity index (χ0v) is 13.5. The zero-order valence-electron chi connectivity index (χ0n) is 13.5. The molecule has 0 radical (unpaired) electrons. The first kappa shape index (κ1) is 15.4. The van der Waals surface area contributed by atoms with Crippen molar-refractivity contribution < 1.29 is 0 Å². The molecule has 0 unspecified atom stereocenters. The summed E-state index contributed by atoms with van der Waals surface area (Å²) in [5, 5.41) is 22.2. The van der Waals surface area contributed by atoms with E-state index in [4.69, 9.17) is 0 Å². The first-order valence-electron chi connectivity index (χ1n) is 7.84. The zero-order chi connectivity index (χ0) is 18.1. The van der Waals surface area contributed by atoms with Crippen molar-refractivity contribution in [2.45, 2.75) is 0 Å². The molecule has 0 saturated carbocycles. The number of nitriles is 2. The van der Waals surface area contributed by atoms with E-state index in [-0.39, 0.29) is 16.8 Å². The molecule has 6 heteroatoms. The number of pyridine rings is 1. The van der Waals surface area contributed by atoms with E-state index in [0.717, 1.165) is 10.1 Å². The largest absolute Gasteiger partial charge is 0.289 e. The van der Waals surface area contributed by atoms with Crippen LogP contribution in [0.1, 0.15) is 11.1 Å². The smallest absolute Gasteiger partial charge is 0.272 e. The highest BCUT2D eigenvalue weighted by atomic mass is 16.1. The van der Waals surface area contributed by atoms with Crippen molar-refractivity contribution in [3.05, 3.63) is 82.1 Å². The number of hydrogen-bond donors (Lipinski definition) is 1. The number of nitrogens with one attached hydrogen (secondary N) is 1. The molecule has 0 fully saturated rings. The van der Waals surface area contributed by atoms with Crippen LogP contribution in [0.3, 0.4) is 0 Å². The van der Waals surface area contributed by atoms with Gasteiger partial charge in [0.25, 0.3) is 5.56 Å². The first-order chi connectivity index (χ1) is 12.7. The summed E-state index contributed by atoms with van der Waals surface area (Å²) in [5.41, 5.74) is 1.49. The third-order valence-electron chi connectivity index (χ3n) is 4.12. The topological polar surface area (TPSA) is 97.7 Å². The van der Waals surface area contributed by atoms with Crippen LogP contribution in [0.4, 0.5) is 0 Å². The van der Waals surface area contributed by atoms with Crippen LogP contribution >= 0.6 is 0 Å². The average molecular weight is 337 g/mol. The molecule has 0 aliphatic carbocycles. The molecule has 4 aromatic rings. The molecule has 0 spiro atoms. The maximum absolute atomic E-state index is 12.8. The molecule has 6 nitrogen and oxygen atoms in total. The van der Waals surface area contributed by atoms with Crippen molar-refractivity contribution in [2.24, 2.45) is 0 Å². The standard InChI is InChI=1S/C20H11N5O/c21-11-15-17(13-7-3-1-4-8-13)16(12-22)20(26)25-19(15)23-18(24-25)14-9-5-2-6-10-14/h1-10H,(H,23,24). The van der Waals surface area contributed by atoms with E-state index in [1.807, 2.05) is 42.5 Å². The van der Waals surface area contributed by atoms with Gasteiger partial charge in [-0.15, -0.1) is 0 Å². The monoisotopic (exact) mass is 337 g/mol. The third kappa shape index (κ3) is 2.26. The van der Waals surface area contributed by atoms with Crippen LogP contribution in [0, 0.1) is 22.7 Å². The van der Waals surface area contributed by atoms with Gasteiger partial charge < -0.3 is 0 Å². The molecule has 2 aromatic heterocycles. The number of fused-ring (bicyclic) bond motifs is 1. The highest BCUT2D eigenvalue weighted by molar-refractivity contribution is 5.82. The van der Waals surface area contributed by atoms with Crippen LogP contribution in [0.25, 0.3) is 28.2 Å². The summed E-state index contributed by atoms with van der Waals surface area (Å²) in [7, 11) is 0. The minimum Gasteiger partial charge on any atom is -0.272 e. The molecule has 26 heavy (non-hydrogen) atoms. The molecule has 2 aromatic carbocycles. The summed E-state index contributed by atoms with van der Waals surface area (Å²) < 4.78 is 1.16. The van der Waals surface area contributed by atoms with Crippen LogP contribution in [0.2, 0.25) is 0 Å². The SMILES string of the molecule is N#Cc1c(-c2ccccc2)c(C#N)c2nc(-c3ccccc3)[nH]n2c1=O.